The first kappa shape index (κ1) is 22.8. The van der Waals surface area contributed by atoms with Crippen LogP contribution in [0.4, 0.5) is 11.6 Å². The summed E-state index contributed by atoms with van der Waals surface area (Å²) in [6.45, 7) is 4.96. The number of carbonyl (C=O) groups excluding carboxylic acids is 1. The van der Waals surface area contributed by atoms with E-state index in [1.807, 2.05) is 49.1 Å². The Kier molecular flexibility index (Phi) is 5.40. The fourth-order valence-corrected chi connectivity index (χ4v) is 4.66. The van der Waals surface area contributed by atoms with E-state index in [0.29, 0.717) is 24.9 Å². The molecule has 1 aromatic carbocycles. The quantitative estimate of drug-likeness (QED) is 0.382. The second-order valence-corrected chi connectivity index (χ2v) is 10.1. The number of ketones is 1. The number of benzene rings is 1. The molecular formula is C26H29N7O3. The van der Waals surface area contributed by atoms with Crippen molar-refractivity contribution in [2.45, 2.75) is 38.8 Å². The highest BCUT2D eigenvalue weighted by Gasteiger charge is 2.33. The largest absolute Gasteiger partial charge is 0.386 e. The minimum absolute atomic E-state index is 0.167. The molecule has 1 aliphatic carbocycles. The summed E-state index contributed by atoms with van der Waals surface area (Å²) in [5.74, 6) is 1.46. The minimum atomic E-state index is -0.841. The molecule has 0 amide bonds. The second kappa shape index (κ2) is 8.51. The number of aliphatic hydroxyl groups is 1. The number of nitrogens with one attached hydrogen (secondary N) is 1. The number of aryl methyl sites for hydroxylation is 2. The van der Waals surface area contributed by atoms with Crippen molar-refractivity contribution in [2.24, 2.45) is 13.0 Å². The molecule has 0 spiro atoms. The van der Waals surface area contributed by atoms with Gasteiger partial charge in [0.25, 0.3) is 0 Å². The summed E-state index contributed by atoms with van der Waals surface area (Å²) in [6.07, 6.45) is 7.50. The van der Waals surface area contributed by atoms with Gasteiger partial charge in [-0.2, -0.15) is 15.1 Å². The van der Waals surface area contributed by atoms with Crippen molar-refractivity contribution in [3.63, 3.8) is 0 Å². The topological polar surface area (TPSA) is 110 Å². The molecule has 10 nitrogen and oxygen atoms in total. The number of hydroxylamine groups is 2. The first-order valence-corrected chi connectivity index (χ1v) is 12.1. The van der Waals surface area contributed by atoms with Gasteiger partial charge < -0.3 is 15.0 Å². The van der Waals surface area contributed by atoms with Crippen LogP contribution in [0.25, 0.3) is 16.7 Å². The van der Waals surface area contributed by atoms with Gasteiger partial charge in [0.15, 0.2) is 11.6 Å². The molecule has 6 rings (SSSR count). The van der Waals surface area contributed by atoms with Crippen molar-refractivity contribution in [2.75, 3.05) is 18.5 Å². The average molecular weight is 488 g/mol. The van der Waals surface area contributed by atoms with Gasteiger partial charge in [0, 0.05) is 65.3 Å². The number of nitrogens with zero attached hydrogens (tertiary/aromatic N) is 6. The lowest BCUT2D eigenvalue weighted by molar-refractivity contribution is -0.118. The van der Waals surface area contributed by atoms with Crippen LogP contribution in [-0.4, -0.2) is 59.0 Å². The van der Waals surface area contributed by atoms with Crippen LogP contribution in [0.5, 0.6) is 0 Å². The molecule has 1 atom stereocenters. The van der Waals surface area contributed by atoms with Crippen LogP contribution in [-0.2, 0) is 18.4 Å². The third kappa shape index (κ3) is 4.39. The van der Waals surface area contributed by atoms with Gasteiger partial charge in [-0.05, 0) is 44.9 Å². The van der Waals surface area contributed by atoms with Crippen LogP contribution in [0.1, 0.15) is 41.4 Å². The molecule has 1 aliphatic heterocycles. The lowest BCUT2D eigenvalue weighted by Crippen LogP contribution is -2.31. The molecule has 4 heterocycles. The minimum Gasteiger partial charge on any atom is -0.386 e. The number of hydrogen-bond donors (Lipinski definition) is 2. The highest BCUT2D eigenvalue weighted by Crippen LogP contribution is 2.36. The van der Waals surface area contributed by atoms with Crippen LogP contribution in [0.2, 0.25) is 0 Å². The summed E-state index contributed by atoms with van der Waals surface area (Å²) in [5.41, 5.74) is 3.61. The summed E-state index contributed by atoms with van der Waals surface area (Å²) in [6, 6.07) is 7.75. The Labute approximate surface area is 208 Å². The number of anilines is 2. The van der Waals surface area contributed by atoms with Crippen LogP contribution < -0.4 is 5.32 Å². The van der Waals surface area contributed by atoms with Crippen LogP contribution in [0, 0.1) is 12.8 Å². The zero-order valence-electron chi connectivity index (χ0n) is 20.6. The van der Waals surface area contributed by atoms with E-state index in [0.717, 1.165) is 46.3 Å². The first-order chi connectivity index (χ1) is 17.3. The molecule has 2 N–H and O–H groups in total. The SMILES string of the molecule is Cc1nn(-c2ccnc(Nc3ccc4c(c3)c(C(=O)C3CC3)cn4C)n2)cc1CN1CC(C)(O)CO1. The summed E-state index contributed by atoms with van der Waals surface area (Å²) < 4.78 is 3.72. The highest BCUT2D eigenvalue weighted by atomic mass is 16.7. The van der Waals surface area contributed by atoms with Crippen molar-refractivity contribution in [3.8, 4) is 5.82 Å². The lowest BCUT2D eigenvalue weighted by Gasteiger charge is -2.15. The normalized spacial score (nSPS) is 20.3. The van der Waals surface area contributed by atoms with E-state index >= 15 is 0 Å². The Morgan fingerprint density at radius 3 is 2.86 bits per heavy atom. The van der Waals surface area contributed by atoms with Gasteiger partial charge in [-0.1, -0.05) is 0 Å². The van der Waals surface area contributed by atoms with Gasteiger partial charge in [-0.25, -0.2) is 9.67 Å². The van der Waals surface area contributed by atoms with E-state index in [1.54, 1.807) is 28.9 Å². The number of hydrogen-bond acceptors (Lipinski definition) is 8. The van der Waals surface area contributed by atoms with E-state index in [9.17, 15) is 9.90 Å². The zero-order chi connectivity index (χ0) is 25.0. The molecule has 1 saturated heterocycles. The van der Waals surface area contributed by atoms with Crippen LogP contribution >= 0.6 is 0 Å². The summed E-state index contributed by atoms with van der Waals surface area (Å²) >= 11 is 0. The zero-order valence-corrected chi connectivity index (χ0v) is 20.6. The number of rotatable bonds is 7. The molecule has 186 valence electrons. The third-order valence-corrected chi connectivity index (χ3v) is 6.76. The lowest BCUT2D eigenvalue weighted by atomic mass is 10.1. The standard InChI is InChI=1S/C26H29N7O3/c1-16-18(11-32-14-26(2,35)15-36-32)12-33(30-16)23-8-9-27-25(29-23)28-19-6-7-22-20(10-19)21(13-31(22)3)24(34)17-4-5-17/h6-10,12-13,17,35H,4-5,11,14-15H2,1-3H3,(H,27,28,29). The van der Waals surface area contributed by atoms with Crippen molar-refractivity contribution in [3.05, 3.63) is 59.7 Å². The van der Waals surface area contributed by atoms with Crippen molar-refractivity contribution >= 4 is 28.3 Å². The number of fused-ring (bicyclic) bond motifs is 1. The molecule has 1 saturated carbocycles. The smallest absolute Gasteiger partial charge is 0.229 e. The highest BCUT2D eigenvalue weighted by molar-refractivity contribution is 6.10. The van der Waals surface area contributed by atoms with Crippen LogP contribution in [0.3, 0.4) is 0 Å². The molecular weight excluding hydrogens is 458 g/mol. The second-order valence-electron chi connectivity index (χ2n) is 10.1. The molecule has 3 aromatic heterocycles. The van der Waals surface area contributed by atoms with Crippen molar-refractivity contribution in [1.29, 1.82) is 0 Å². The maximum Gasteiger partial charge on any atom is 0.229 e. The molecule has 36 heavy (non-hydrogen) atoms. The maximum absolute atomic E-state index is 12.8. The maximum atomic E-state index is 12.8. The number of aromatic nitrogens is 5. The average Bonchev–Trinajstić information content (AvgIpc) is 3.46. The van der Waals surface area contributed by atoms with Crippen LogP contribution in [0.15, 0.2) is 42.9 Å². The van der Waals surface area contributed by atoms with E-state index in [2.05, 4.69) is 20.4 Å². The van der Waals surface area contributed by atoms with Gasteiger partial charge in [0.2, 0.25) is 5.95 Å². The molecule has 10 heteroatoms. The monoisotopic (exact) mass is 487 g/mol. The molecule has 1 unspecified atom stereocenters. The Morgan fingerprint density at radius 1 is 1.28 bits per heavy atom. The fraction of sp³-hybridized carbons (Fsp3) is 0.385. The van der Waals surface area contributed by atoms with Gasteiger partial charge in [0.1, 0.15) is 5.60 Å². The van der Waals surface area contributed by atoms with Crippen molar-refractivity contribution in [1.82, 2.24) is 29.4 Å². The Morgan fingerprint density at radius 2 is 2.11 bits per heavy atom. The van der Waals surface area contributed by atoms with Gasteiger partial charge >= 0.3 is 0 Å². The van der Waals surface area contributed by atoms with Gasteiger partial charge in [0.05, 0.1) is 25.4 Å². The predicted octanol–water partition coefficient (Wildman–Crippen LogP) is 3.30. The Hall–Kier alpha value is -3.60. The number of carbonyl (C=O) groups is 1. The van der Waals surface area contributed by atoms with Gasteiger partial charge in [-0.15, -0.1) is 0 Å². The first-order valence-electron chi connectivity index (χ1n) is 12.1. The number of Topliss-reactive ketones (excluding diaryl/α,β-unsaturated/α-hetero) is 1. The number of β-amino-alcohol motifs (C(OH)–C–C–N with tert-alkyl or cyclic N) is 1. The summed E-state index contributed by atoms with van der Waals surface area (Å²) in [4.78, 5) is 27.4. The van der Waals surface area contributed by atoms with Gasteiger partial charge in [-0.3, -0.25) is 9.63 Å². The Bertz CT molecular complexity index is 1470. The van der Waals surface area contributed by atoms with E-state index < -0.39 is 5.60 Å². The van der Waals surface area contributed by atoms with E-state index in [1.165, 1.54) is 0 Å². The molecule has 0 bridgehead atoms. The summed E-state index contributed by atoms with van der Waals surface area (Å²) in [7, 11) is 1.96. The Balaban J connectivity index is 1.23. The molecule has 2 aliphatic rings. The van der Waals surface area contributed by atoms with Crippen molar-refractivity contribution < 1.29 is 14.7 Å². The van der Waals surface area contributed by atoms with E-state index in [-0.39, 0.29) is 18.3 Å². The molecule has 2 fully saturated rings. The fourth-order valence-electron chi connectivity index (χ4n) is 4.66. The predicted molar refractivity (Wildman–Crippen MR) is 134 cm³/mol. The third-order valence-electron chi connectivity index (χ3n) is 6.76. The van der Waals surface area contributed by atoms with E-state index in [4.69, 9.17) is 4.84 Å². The summed E-state index contributed by atoms with van der Waals surface area (Å²) in [5, 5.41) is 20.7. The molecule has 0 radical (unpaired) electrons. The molecule has 4 aromatic rings.